The van der Waals surface area contributed by atoms with Gasteiger partial charge in [-0.3, -0.25) is 9.59 Å². The average molecular weight is 314 g/mol. The van der Waals surface area contributed by atoms with Crippen LogP contribution >= 0.6 is 11.3 Å². The molecule has 0 aliphatic carbocycles. The Labute approximate surface area is 127 Å². The molecule has 0 unspecified atom stereocenters. The fourth-order valence-corrected chi connectivity index (χ4v) is 2.76. The minimum atomic E-state index is -1.01. The maximum Gasteiger partial charge on any atom is 0.326 e. The van der Waals surface area contributed by atoms with Crippen LogP contribution in [-0.2, 0) is 16.1 Å². The van der Waals surface area contributed by atoms with Crippen molar-refractivity contribution < 1.29 is 14.7 Å². The Bertz CT molecular complexity index is 549. The van der Waals surface area contributed by atoms with E-state index in [0.29, 0.717) is 19.4 Å². The number of nitrogens with zero attached hydrogens (tertiary/aromatic N) is 1. The minimum Gasteiger partial charge on any atom is -0.480 e. The molecule has 0 radical (unpaired) electrons. The normalized spacial score (nSPS) is 13.7. The summed E-state index contributed by atoms with van der Waals surface area (Å²) in [6, 6.07) is -0.854. The van der Waals surface area contributed by atoms with Gasteiger partial charge in [0.25, 0.3) is 0 Å². The van der Waals surface area contributed by atoms with Gasteiger partial charge in [-0.15, -0.1) is 0 Å². The summed E-state index contributed by atoms with van der Waals surface area (Å²) in [5.74, 6) is -1.42. The molecule has 1 aromatic heterocycles. The number of carboxylic acids is 1. The minimum absolute atomic E-state index is 0.0316. The zero-order chi connectivity index (χ0) is 16.0. The molecule has 0 fully saturated rings. The Morgan fingerprint density at radius 3 is 2.62 bits per heavy atom. The molecule has 1 rings (SSSR count). The predicted molar refractivity (Wildman–Crippen MR) is 81.6 cm³/mol. The number of carbonyl (C=O) groups excluding carboxylic acids is 1. The summed E-state index contributed by atoms with van der Waals surface area (Å²) in [6.07, 6.45) is 1.40. The summed E-state index contributed by atoms with van der Waals surface area (Å²) in [7, 11) is 0. The molecule has 21 heavy (non-hydrogen) atoms. The number of thiazole rings is 1. The maximum absolute atomic E-state index is 11.8. The van der Waals surface area contributed by atoms with Crippen LogP contribution in [0.5, 0.6) is 0 Å². The molecule has 0 aliphatic heterocycles. The first-order valence-electron chi connectivity index (χ1n) is 7.03. The first kappa shape index (κ1) is 17.4. The van der Waals surface area contributed by atoms with Crippen molar-refractivity contribution in [3.8, 4) is 0 Å². The number of nitrogens with one attached hydrogen (secondary N) is 1. The molecule has 1 aromatic rings. The lowest BCUT2D eigenvalue weighted by Crippen LogP contribution is -2.45. The van der Waals surface area contributed by atoms with Gasteiger partial charge >= 0.3 is 10.8 Å². The van der Waals surface area contributed by atoms with E-state index < -0.39 is 12.0 Å². The van der Waals surface area contributed by atoms with E-state index in [1.807, 2.05) is 13.8 Å². The quantitative estimate of drug-likeness (QED) is 0.763. The molecular weight excluding hydrogens is 292 g/mol. The Hall–Kier alpha value is -1.63. The smallest absolute Gasteiger partial charge is 0.326 e. The lowest BCUT2D eigenvalue weighted by atomic mass is 9.99. The molecule has 0 bridgehead atoms. The molecule has 118 valence electrons. The second-order valence-electron chi connectivity index (χ2n) is 5.17. The number of aromatic nitrogens is 1. The Kier molecular flexibility index (Phi) is 6.61. The molecule has 7 heteroatoms. The molecule has 0 saturated heterocycles. The highest BCUT2D eigenvalue weighted by molar-refractivity contribution is 7.07. The van der Waals surface area contributed by atoms with Gasteiger partial charge in [0.1, 0.15) is 6.04 Å². The SMILES string of the molecule is CC[C@H](C)[C@H](NC(=O)CCCn1c(C)csc1=O)C(=O)O. The van der Waals surface area contributed by atoms with Gasteiger partial charge < -0.3 is 15.0 Å². The molecule has 2 atom stereocenters. The lowest BCUT2D eigenvalue weighted by molar-refractivity contribution is -0.143. The zero-order valence-electron chi connectivity index (χ0n) is 12.6. The second kappa shape index (κ2) is 7.97. The van der Waals surface area contributed by atoms with Gasteiger partial charge in [0.05, 0.1) is 0 Å². The Morgan fingerprint density at radius 2 is 2.14 bits per heavy atom. The van der Waals surface area contributed by atoms with Gasteiger partial charge in [0.2, 0.25) is 5.91 Å². The van der Waals surface area contributed by atoms with E-state index in [1.165, 1.54) is 0 Å². The van der Waals surface area contributed by atoms with Gasteiger partial charge in [-0.1, -0.05) is 31.6 Å². The van der Waals surface area contributed by atoms with Crippen LogP contribution in [0.4, 0.5) is 0 Å². The first-order valence-corrected chi connectivity index (χ1v) is 7.91. The van der Waals surface area contributed by atoms with Gasteiger partial charge in [0.15, 0.2) is 0 Å². The fourth-order valence-electron chi connectivity index (χ4n) is 2.00. The van der Waals surface area contributed by atoms with E-state index in [1.54, 1.807) is 16.9 Å². The van der Waals surface area contributed by atoms with E-state index in [0.717, 1.165) is 17.0 Å². The molecule has 0 aromatic carbocycles. The summed E-state index contributed by atoms with van der Waals surface area (Å²) in [4.78, 5) is 34.4. The summed E-state index contributed by atoms with van der Waals surface area (Å²) in [5, 5.41) is 13.5. The van der Waals surface area contributed by atoms with Gasteiger partial charge in [-0.25, -0.2) is 4.79 Å². The molecule has 1 heterocycles. The number of hydrogen-bond acceptors (Lipinski definition) is 4. The van der Waals surface area contributed by atoms with Crippen LogP contribution in [0.1, 0.15) is 38.8 Å². The number of hydrogen-bond donors (Lipinski definition) is 2. The van der Waals surface area contributed by atoms with Crippen molar-refractivity contribution in [1.82, 2.24) is 9.88 Å². The van der Waals surface area contributed by atoms with Crippen LogP contribution in [0, 0.1) is 12.8 Å². The van der Waals surface area contributed by atoms with Crippen molar-refractivity contribution in [2.24, 2.45) is 5.92 Å². The van der Waals surface area contributed by atoms with Crippen molar-refractivity contribution in [2.75, 3.05) is 0 Å². The lowest BCUT2D eigenvalue weighted by Gasteiger charge is -2.20. The van der Waals surface area contributed by atoms with Crippen LogP contribution in [0.25, 0.3) is 0 Å². The number of carbonyl (C=O) groups is 2. The molecule has 2 N–H and O–H groups in total. The van der Waals surface area contributed by atoms with Crippen molar-refractivity contribution in [3.05, 3.63) is 20.7 Å². The van der Waals surface area contributed by atoms with E-state index in [9.17, 15) is 14.4 Å². The van der Waals surface area contributed by atoms with E-state index in [2.05, 4.69) is 5.32 Å². The molecule has 0 aliphatic rings. The third-order valence-corrected chi connectivity index (χ3v) is 4.44. The van der Waals surface area contributed by atoms with Crippen molar-refractivity contribution in [2.45, 2.75) is 52.6 Å². The van der Waals surface area contributed by atoms with Crippen molar-refractivity contribution >= 4 is 23.2 Å². The molecule has 0 spiro atoms. The summed E-state index contributed by atoms with van der Waals surface area (Å²) < 4.78 is 1.63. The highest BCUT2D eigenvalue weighted by atomic mass is 32.1. The van der Waals surface area contributed by atoms with E-state index >= 15 is 0 Å². The largest absolute Gasteiger partial charge is 0.480 e. The third kappa shape index (κ3) is 5.00. The van der Waals surface area contributed by atoms with Crippen LogP contribution in [-0.4, -0.2) is 27.6 Å². The van der Waals surface area contributed by atoms with Crippen LogP contribution in [0.15, 0.2) is 10.2 Å². The van der Waals surface area contributed by atoms with Crippen molar-refractivity contribution in [1.29, 1.82) is 0 Å². The van der Waals surface area contributed by atoms with Gasteiger partial charge in [-0.2, -0.15) is 0 Å². The van der Waals surface area contributed by atoms with Crippen LogP contribution < -0.4 is 10.2 Å². The topological polar surface area (TPSA) is 88.4 Å². The summed E-state index contributed by atoms with van der Waals surface area (Å²) >= 11 is 1.14. The number of rotatable bonds is 8. The molecule has 1 amide bonds. The van der Waals surface area contributed by atoms with Gasteiger partial charge in [-0.05, 0) is 19.3 Å². The fraction of sp³-hybridized carbons (Fsp3) is 0.643. The predicted octanol–water partition coefficient (Wildman–Crippen LogP) is 1.61. The molecular formula is C14H22N2O4S. The van der Waals surface area contributed by atoms with E-state index in [4.69, 9.17) is 5.11 Å². The molecule has 0 saturated carbocycles. The van der Waals surface area contributed by atoms with Crippen LogP contribution in [0.3, 0.4) is 0 Å². The van der Waals surface area contributed by atoms with E-state index in [-0.39, 0.29) is 23.1 Å². The maximum atomic E-state index is 11.8. The first-order chi connectivity index (χ1) is 9.86. The number of carboxylic acid groups (broad SMARTS) is 1. The highest BCUT2D eigenvalue weighted by Crippen LogP contribution is 2.09. The second-order valence-corrected chi connectivity index (χ2v) is 5.99. The summed E-state index contributed by atoms with van der Waals surface area (Å²) in [6.45, 7) is 6.01. The Morgan fingerprint density at radius 1 is 1.48 bits per heavy atom. The summed E-state index contributed by atoms with van der Waals surface area (Å²) in [5.41, 5.74) is 0.883. The highest BCUT2D eigenvalue weighted by Gasteiger charge is 2.24. The average Bonchev–Trinajstić information content (AvgIpc) is 2.75. The Balaban J connectivity index is 2.47. The van der Waals surface area contributed by atoms with Gasteiger partial charge in [0, 0.05) is 24.0 Å². The number of aliphatic carboxylic acids is 1. The van der Waals surface area contributed by atoms with Crippen molar-refractivity contribution in [3.63, 3.8) is 0 Å². The number of aryl methyl sites for hydroxylation is 1. The third-order valence-electron chi connectivity index (χ3n) is 3.56. The standard InChI is InChI=1S/C14H22N2O4S/c1-4-9(2)12(13(18)19)15-11(17)6-5-7-16-10(3)8-21-14(16)20/h8-9,12H,4-7H2,1-3H3,(H,15,17)(H,18,19)/t9-,12-/m0/s1. The zero-order valence-corrected chi connectivity index (χ0v) is 13.4. The number of amides is 1. The molecule has 6 nitrogen and oxygen atoms in total. The monoisotopic (exact) mass is 314 g/mol. The van der Waals surface area contributed by atoms with Crippen LogP contribution in [0.2, 0.25) is 0 Å².